The van der Waals surface area contributed by atoms with Gasteiger partial charge in [0.25, 0.3) is 0 Å². The van der Waals surface area contributed by atoms with Gasteiger partial charge >= 0.3 is 0 Å². The van der Waals surface area contributed by atoms with Crippen molar-refractivity contribution in [3.8, 4) is 0 Å². The highest BCUT2D eigenvalue weighted by Crippen LogP contribution is 2.20. The normalized spacial score (nSPS) is 24.0. The summed E-state index contributed by atoms with van der Waals surface area (Å²) in [5.74, 6) is 0. The first-order valence-corrected chi connectivity index (χ1v) is 3.83. The SMILES string of the molecule is C1=NCC2=C(C1)CCC[N]2. The van der Waals surface area contributed by atoms with Gasteiger partial charge in [-0.1, -0.05) is 0 Å². The maximum absolute atomic E-state index is 4.42. The van der Waals surface area contributed by atoms with Gasteiger partial charge in [0.1, 0.15) is 0 Å². The molecule has 0 amide bonds. The summed E-state index contributed by atoms with van der Waals surface area (Å²) in [6, 6.07) is 0. The molecule has 0 unspecified atom stereocenters. The Bertz CT molecular complexity index is 171. The fourth-order valence-corrected chi connectivity index (χ4v) is 1.47. The lowest BCUT2D eigenvalue weighted by atomic mass is 10.00. The Kier molecular flexibility index (Phi) is 1.46. The highest BCUT2D eigenvalue weighted by molar-refractivity contribution is 5.63. The van der Waals surface area contributed by atoms with E-state index in [1.54, 1.807) is 0 Å². The quantitative estimate of drug-likeness (QED) is 0.476. The molecule has 1 radical (unpaired) electrons. The van der Waals surface area contributed by atoms with E-state index in [4.69, 9.17) is 0 Å². The summed E-state index contributed by atoms with van der Waals surface area (Å²) >= 11 is 0. The first kappa shape index (κ1) is 5.96. The summed E-state index contributed by atoms with van der Waals surface area (Å²) in [5, 5.41) is 4.42. The van der Waals surface area contributed by atoms with Crippen molar-refractivity contribution in [2.75, 3.05) is 13.1 Å². The van der Waals surface area contributed by atoms with Gasteiger partial charge in [-0.3, -0.25) is 10.3 Å². The Morgan fingerprint density at radius 2 is 2.40 bits per heavy atom. The molecule has 2 heteroatoms. The van der Waals surface area contributed by atoms with Gasteiger partial charge < -0.3 is 0 Å². The lowest BCUT2D eigenvalue weighted by Crippen LogP contribution is -2.19. The molecule has 2 nitrogen and oxygen atoms in total. The summed E-state index contributed by atoms with van der Waals surface area (Å²) < 4.78 is 0. The number of hydrogen-bond donors (Lipinski definition) is 0. The second-order valence-corrected chi connectivity index (χ2v) is 2.76. The molecule has 0 aromatic rings. The van der Waals surface area contributed by atoms with Gasteiger partial charge in [0.05, 0.1) is 12.2 Å². The molecule has 2 heterocycles. The van der Waals surface area contributed by atoms with E-state index in [2.05, 4.69) is 10.3 Å². The smallest absolute Gasteiger partial charge is 0.0803 e. The van der Waals surface area contributed by atoms with E-state index in [0.29, 0.717) is 0 Å². The zero-order valence-corrected chi connectivity index (χ0v) is 6.01. The van der Waals surface area contributed by atoms with Crippen LogP contribution in [0, 0.1) is 0 Å². The van der Waals surface area contributed by atoms with Crippen molar-refractivity contribution >= 4 is 6.21 Å². The van der Waals surface area contributed by atoms with Crippen LogP contribution in [0.5, 0.6) is 0 Å². The molecule has 0 aliphatic carbocycles. The molecule has 2 aliphatic rings. The number of allylic oxidation sites excluding steroid dienone is 1. The van der Waals surface area contributed by atoms with E-state index in [9.17, 15) is 0 Å². The molecular weight excluding hydrogens is 124 g/mol. The van der Waals surface area contributed by atoms with Crippen LogP contribution < -0.4 is 5.32 Å². The van der Waals surface area contributed by atoms with Crippen LogP contribution in [0.1, 0.15) is 19.3 Å². The molecule has 0 N–H and O–H groups in total. The summed E-state index contributed by atoms with van der Waals surface area (Å²) in [7, 11) is 0. The fourth-order valence-electron chi connectivity index (χ4n) is 1.47. The van der Waals surface area contributed by atoms with Crippen LogP contribution in [-0.4, -0.2) is 19.3 Å². The van der Waals surface area contributed by atoms with E-state index < -0.39 is 0 Å². The molecule has 0 aromatic carbocycles. The highest BCUT2D eigenvalue weighted by Gasteiger charge is 2.13. The molecule has 0 atom stereocenters. The summed E-state index contributed by atoms with van der Waals surface area (Å²) in [4.78, 5) is 4.18. The Morgan fingerprint density at radius 1 is 1.40 bits per heavy atom. The van der Waals surface area contributed by atoms with E-state index >= 15 is 0 Å². The zero-order valence-electron chi connectivity index (χ0n) is 6.01. The van der Waals surface area contributed by atoms with E-state index in [-0.39, 0.29) is 0 Å². The number of dihydropyridines is 1. The zero-order chi connectivity index (χ0) is 6.81. The largest absolute Gasteiger partial charge is 0.291 e. The molecule has 0 bridgehead atoms. The Morgan fingerprint density at radius 3 is 3.30 bits per heavy atom. The summed E-state index contributed by atoms with van der Waals surface area (Å²) in [6.07, 6.45) is 5.57. The lowest BCUT2D eigenvalue weighted by Gasteiger charge is -2.20. The van der Waals surface area contributed by atoms with Crippen molar-refractivity contribution in [3.63, 3.8) is 0 Å². The molecule has 0 saturated carbocycles. The van der Waals surface area contributed by atoms with Gasteiger partial charge in [0, 0.05) is 19.2 Å². The van der Waals surface area contributed by atoms with Crippen LogP contribution in [-0.2, 0) is 0 Å². The third kappa shape index (κ3) is 0.939. The van der Waals surface area contributed by atoms with Gasteiger partial charge in [0.15, 0.2) is 0 Å². The van der Waals surface area contributed by atoms with Crippen molar-refractivity contribution in [1.29, 1.82) is 0 Å². The molecule has 0 spiro atoms. The van der Waals surface area contributed by atoms with Crippen LogP contribution in [0.4, 0.5) is 0 Å². The van der Waals surface area contributed by atoms with Crippen LogP contribution >= 0.6 is 0 Å². The average molecular weight is 135 g/mol. The predicted octanol–water partition coefficient (Wildman–Crippen LogP) is 1.11. The molecule has 2 aliphatic heterocycles. The molecule has 10 heavy (non-hydrogen) atoms. The minimum Gasteiger partial charge on any atom is -0.291 e. The predicted molar refractivity (Wildman–Crippen MR) is 41.2 cm³/mol. The minimum atomic E-state index is 0.843. The first-order valence-electron chi connectivity index (χ1n) is 3.83. The Balaban J connectivity index is 2.17. The van der Waals surface area contributed by atoms with Crippen LogP contribution in [0.2, 0.25) is 0 Å². The van der Waals surface area contributed by atoms with Crippen molar-refractivity contribution in [1.82, 2.24) is 5.32 Å². The van der Waals surface area contributed by atoms with Gasteiger partial charge in [0.2, 0.25) is 0 Å². The van der Waals surface area contributed by atoms with Crippen molar-refractivity contribution in [3.05, 3.63) is 11.3 Å². The Labute approximate surface area is 61.0 Å². The molecule has 0 aromatic heterocycles. The number of nitrogens with zero attached hydrogens (tertiary/aromatic N) is 2. The maximum atomic E-state index is 4.42. The summed E-state index contributed by atoms with van der Waals surface area (Å²) in [6.45, 7) is 1.86. The van der Waals surface area contributed by atoms with E-state index in [1.807, 2.05) is 6.21 Å². The van der Waals surface area contributed by atoms with Gasteiger partial charge in [-0.25, -0.2) is 0 Å². The maximum Gasteiger partial charge on any atom is 0.0803 e. The van der Waals surface area contributed by atoms with Crippen molar-refractivity contribution < 1.29 is 0 Å². The Hall–Kier alpha value is -0.790. The van der Waals surface area contributed by atoms with E-state index in [0.717, 1.165) is 19.5 Å². The highest BCUT2D eigenvalue weighted by atomic mass is 14.9. The number of aliphatic imine (C=N–C) groups is 1. The monoisotopic (exact) mass is 135 g/mol. The van der Waals surface area contributed by atoms with Crippen molar-refractivity contribution in [2.45, 2.75) is 19.3 Å². The molecular formula is C8H11N2. The second-order valence-electron chi connectivity index (χ2n) is 2.76. The summed E-state index contributed by atoms with van der Waals surface area (Å²) in [5.41, 5.74) is 2.80. The van der Waals surface area contributed by atoms with Gasteiger partial charge in [-0.15, -0.1) is 0 Å². The van der Waals surface area contributed by atoms with E-state index in [1.165, 1.54) is 24.1 Å². The minimum absolute atomic E-state index is 0.843. The average Bonchev–Trinajstić information content (AvgIpc) is 2.05. The van der Waals surface area contributed by atoms with Crippen LogP contribution in [0.15, 0.2) is 16.3 Å². The van der Waals surface area contributed by atoms with Gasteiger partial charge in [-0.2, -0.15) is 0 Å². The fraction of sp³-hybridized carbons (Fsp3) is 0.625. The first-order chi connectivity index (χ1) is 4.97. The molecule has 2 rings (SSSR count). The second kappa shape index (κ2) is 2.45. The molecule has 0 fully saturated rings. The molecule has 53 valence electrons. The van der Waals surface area contributed by atoms with Crippen molar-refractivity contribution in [2.24, 2.45) is 4.99 Å². The standard InChI is InChI=1S/C8H11N2/c1-2-7-3-5-9-6-8(7)10-4-1/h5H,1-4,6H2. The topological polar surface area (TPSA) is 26.5 Å². The third-order valence-corrected chi connectivity index (χ3v) is 2.06. The van der Waals surface area contributed by atoms with Crippen LogP contribution in [0.25, 0.3) is 0 Å². The van der Waals surface area contributed by atoms with Gasteiger partial charge in [-0.05, 0) is 18.4 Å². The van der Waals surface area contributed by atoms with Crippen LogP contribution in [0.3, 0.4) is 0 Å². The lowest BCUT2D eigenvalue weighted by molar-refractivity contribution is 0.629. The number of hydrogen-bond acceptors (Lipinski definition) is 1. The molecule has 0 saturated heterocycles. The third-order valence-electron chi connectivity index (χ3n) is 2.06. The number of rotatable bonds is 0.